The normalized spacial score (nSPS) is 11.8. The molecule has 56 valence electrons. The Bertz CT molecular complexity index is 152. The summed E-state index contributed by atoms with van der Waals surface area (Å²) >= 11 is 3.83. The van der Waals surface area contributed by atoms with Crippen LogP contribution in [0.15, 0.2) is 0 Å². The minimum atomic E-state index is -3.98. The molecule has 9 heavy (non-hydrogen) atoms. The van der Waals surface area contributed by atoms with Crippen LogP contribution < -0.4 is 4.72 Å². The van der Waals surface area contributed by atoms with E-state index < -0.39 is 10.3 Å². The van der Waals surface area contributed by atoms with Crippen LogP contribution in [0.25, 0.3) is 0 Å². The molecular formula is C3H9NO3S2. The summed E-state index contributed by atoms with van der Waals surface area (Å²) in [5, 5.41) is 0. The van der Waals surface area contributed by atoms with Gasteiger partial charge in [-0.25, -0.2) is 0 Å². The van der Waals surface area contributed by atoms with Crippen molar-refractivity contribution in [3.8, 4) is 0 Å². The molecule has 0 aromatic carbocycles. The van der Waals surface area contributed by atoms with Crippen LogP contribution in [0.1, 0.15) is 6.42 Å². The van der Waals surface area contributed by atoms with Crippen LogP contribution >= 0.6 is 12.6 Å². The van der Waals surface area contributed by atoms with E-state index >= 15 is 0 Å². The molecule has 0 atom stereocenters. The average molecular weight is 171 g/mol. The van der Waals surface area contributed by atoms with Crippen molar-refractivity contribution in [3.63, 3.8) is 0 Å². The molecule has 0 radical (unpaired) electrons. The quantitative estimate of drug-likeness (QED) is 0.309. The number of hydrogen-bond donors (Lipinski definition) is 3. The van der Waals surface area contributed by atoms with Crippen molar-refractivity contribution in [2.45, 2.75) is 6.42 Å². The van der Waals surface area contributed by atoms with Crippen molar-refractivity contribution in [1.82, 2.24) is 4.72 Å². The van der Waals surface area contributed by atoms with Crippen molar-refractivity contribution in [3.05, 3.63) is 0 Å². The van der Waals surface area contributed by atoms with Crippen LogP contribution in [0.4, 0.5) is 0 Å². The van der Waals surface area contributed by atoms with Gasteiger partial charge in [0, 0.05) is 6.54 Å². The molecule has 0 bridgehead atoms. The Balaban J connectivity index is 3.30. The maximum atomic E-state index is 9.93. The van der Waals surface area contributed by atoms with Crippen molar-refractivity contribution >= 4 is 22.9 Å². The summed E-state index contributed by atoms with van der Waals surface area (Å²) in [5.41, 5.74) is 0. The van der Waals surface area contributed by atoms with Crippen molar-refractivity contribution < 1.29 is 13.0 Å². The highest BCUT2D eigenvalue weighted by molar-refractivity contribution is 7.83. The van der Waals surface area contributed by atoms with E-state index in [4.69, 9.17) is 4.55 Å². The van der Waals surface area contributed by atoms with E-state index in [9.17, 15) is 8.42 Å². The topological polar surface area (TPSA) is 66.4 Å². The second kappa shape index (κ2) is 4.10. The first-order chi connectivity index (χ1) is 4.06. The molecule has 0 fully saturated rings. The summed E-state index contributed by atoms with van der Waals surface area (Å²) in [6.45, 7) is 0.238. The summed E-state index contributed by atoms with van der Waals surface area (Å²) in [4.78, 5) is 0. The van der Waals surface area contributed by atoms with Gasteiger partial charge in [-0.15, -0.1) is 0 Å². The van der Waals surface area contributed by atoms with Gasteiger partial charge in [0.05, 0.1) is 0 Å². The number of rotatable bonds is 4. The van der Waals surface area contributed by atoms with Crippen LogP contribution in [-0.2, 0) is 10.3 Å². The van der Waals surface area contributed by atoms with Crippen LogP contribution in [-0.4, -0.2) is 25.3 Å². The lowest BCUT2D eigenvalue weighted by atomic mass is 10.5. The highest BCUT2D eigenvalue weighted by Crippen LogP contribution is 1.81. The van der Waals surface area contributed by atoms with Gasteiger partial charge in [-0.3, -0.25) is 4.55 Å². The molecule has 0 saturated heterocycles. The number of hydrogen-bond acceptors (Lipinski definition) is 3. The van der Waals surface area contributed by atoms with Gasteiger partial charge in [0.15, 0.2) is 0 Å². The second-order valence-corrected chi connectivity index (χ2v) is 3.13. The average Bonchev–Trinajstić information content (AvgIpc) is 1.63. The van der Waals surface area contributed by atoms with E-state index in [0.29, 0.717) is 12.2 Å². The molecule has 0 aromatic rings. The molecule has 4 nitrogen and oxygen atoms in total. The molecule has 0 aliphatic heterocycles. The minimum Gasteiger partial charge on any atom is -0.273 e. The van der Waals surface area contributed by atoms with Crippen LogP contribution in [0, 0.1) is 0 Å². The van der Waals surface area contributed by atoms with Crippen molar-refractivity contribution in [2.75, 3.05) is 12.3 Å². The van der Waals surface area contributed by atoms with Gasteiger partial charge in [-0.05, 0) is 12.2 Å². The summed E-state index contributed by atoms with van der Waals surface area (Å²) in [7, 11) is -3.98. The van der Waals surface area contributed by atoms with Gasteiger partial charge in [-0.2, -0.15) is 25.8 Å². The monoisotopic (exact) mass is 171 g/mol. The van der Waals surface area contributed by atoms with Crippen LogP contribution in [0.3, 0.4) is 0 Å². The maximum Gasteiger partial charge on any atom is 0.333 e. The van der Waals surface area contributed by atoms with Gasteiger partial charge in [0.25, 0.3) is 0 Å². The molecule has 0 rings (SSSR count). The fourth-order valence-corrected chi connectivity index (χ4v) is 0.841. The Morgan fingerprint density at radius 1 is 1.56 bits per heavy atom. The van der Waals surface area contributed by atoms with Crippen molar-refractivity contribution in [1.29, 1.82) is 0 Å². The van der Waals surface area contributed by atoms with Gasteiger partial charge < -0.3 is 0 Å². The van der Waals surface area contributed by atoms with E-state index in [0.717, 1.165) is 0 Å². The highest BCUT2D eigenvalue weighted by atomic mass is 32.2. The van der Waals surface area contributed by atoms with E-state index in [-0.39, 0.29) is 6.54 Å². The zero-order chi connectivity index (χ0) is 7.33. The molecule has 0 aliphatic carbocycles. The molecule has 0 amide bonds. The fourth-order valence-electron chi connectivity index (χ4n) is 0.280. The molecule has 0 unspecified atom stereocenters. The fraction of sp³-hybridized carbons (Fsp3) is 1.00. The Morgan fingerprint density at radius 2 is 2.11 bits per heavy atom. The smallest absolute Gasteiger partial charge is 0.273 e. The molecule has 0 aromatic heterocycles. The van der Waals surface area contributed by atoms with Gasteiger partial charge in [0.2, 0.25) is 0 Å². The summed E-state index contributed by atoms with van der Waals surface area (Å²) in [5.74, 6) is 0.600. The Morgan fingerprint density at radius 3 is 2.44 bits per heavy atom. The SMILES string of the molecule is O=S(=O)(O)NCCCS. The predicted molar refractivity (Wildman–Crippen MR) is 38.0 cm³/mol. The van der Waals surface area contributed by atoms with Crippen molar-refractivity contribution in [2.24, 2.45) is 0 Å². The zero-order valence-electron chi connectivity index (χ0n) is 4.74. The van der Waals surface area contributed by atoms with E-state index in [2.05, 4.69) is 12.6 Å². The lowest BCUT2D eigenvalue weighted by Crippen LogP contribution is -2.23. The van der Waals surface area contributed by atoms with Gasteiger partial charge >= 0.3 is 10.3 Å². The summed E-state index contributed by atoms with van der Waals surface area (Å²) < 4.78 is 29.8. The summed E-state index contributed by atoms with van der Waals surface area (Å²) in [6, 6.07) is 0. The van der Waals surface area contributed by atoms with E-state index in [1.807, 2.05) is 4.72 Å². The standard InChI is InChI=1S/C3H9NO3S2/c5-9(6,7)4-2-1-3-8/h4,8H,1-3H2,(H,5,6,7). The molecule has 2 N–H and O–H groups in total. The van der Waals surface area contributed by atoms with Gasteiger partial charge in [-0.1, -0.05) is 0 Å². The Labute approximate surface area is 59.9 Å². The molecule has 0 aliphatic rings. The predicted octanol–water partition coefficient (Wildman–Crippen LogP) is -0.301. The number of nitrogens with one attached hydrogen (secondary N) is 1. The largest absolute Gasteiger partial charge is 0.333 e. The molecule has 6 heteroatoms. The highest BCUT2D eigenvalue weighted by Gasteiger charge is 1.98. The summed E-state index contributed by atoms with van der Waals surface area (Å²) in [6.07, 6.45) is 0.614. The van der Waals surface area contributed by atoms with E-state index in [1.54, 1.807) is 0 Å². The minimum absolute atomic E-state index is 0.238. The van der Waals surface area contributed by atoms with Crippen LogP contribution in [0.5, 0.6) is 0 Å². The molecule has 0 saturated carbocycles. The third kappa shape index (κ3) is 8.22. The molecule has 0 spiro atoms. The second-order valence-electron chi connectivity index (χ2n) is 1.45. The third-order valence-electron chi connectivity index (χ3n) is 0.619. The Kier molecular flexibility index (Phi) is 4.20. The zero-order valence-corrected chi connectivity index (χ0v) is 6.45. The first-order valence-corrected chi connectivity index (χ1v) is 4.46. The first-order valence-electron chi connectivity index (χ1n) is 2.39. The lowest BCUT2D eigenvalue weighted by Gasteiger charge is -1.95. The van der Waals surface area contributed by atoms with Crippen LogP contribution in [0.2, 0.25) is 0 Å². The van der Waals surface area contributed by atoms with Gasteiger partial charge in [0.1, 0.15) is 0 Å². The maximum absolute atomic E-state index is 9.93. The van der Waals surface area contributed by atoms with E-state index in [1.165, 1.54) is 0 Å². The lowest BCUT2D eigenvalue weighted by molar-refractivity contribution is 0.467. The number of thiol groups is 1. The molecule has 0 heterocycles. The molecular weight excluding hydrogens is 162 g/mol. The first kappa shape index (κ1) is 9.22. The Hall–Kier alpha value is 0.220. The third-order valence-corrected chi connectivity index (χ3v) is 1.50.